The number of piperidine rings is 3. The van der Waals surface area contributed by atoms with E-state index in [-0.39, 0.29) is 22.3 Å². The summed E-state index contributed by atoms with van der Waals surface area (Å²) in [7, 11) is 1.67. The molecule has 2 saturated carbocycles. The molecule has 4 bridgehead atoms. The summed E-state index contributed by atoms with van der Waals surface area (Å²) >= 11 is 0. The Morgan fingerprint density at radius 3 is 2.66 bits per heavy atom. The minimum absolute atomic E-state index is 0.0826. The highest BCUT2D eigenvalue weighted by atomic mass is 16.5. The maximum absolute atomic E-state index is 13.2. The first-order valence-corrected chi connectivity index (χ1v) is 13.2. The van der Waals surface area contributed by atoms with Gasteiger partial charge in [-0.25, -0.2) is 0 Å². The third-order valence-corrected chi connectivity index (χ3v) is 11.1. The van der Waals surface area contributed by atoms with Gasteiger partial charge >= 0.3 is 0 Å². The fourth-order valence-corrected chi connectivity index (χ4v) is 8.18. The summed E-state index contributed by atoms with van der Waals surface area (Å²) in [5, 5.41) is 12.9. The molecule has 6 unspecified atom stereocenters. The highest BCUT2D eigenvalue weighted by molar-refractivity contribution is 5.92. The zero-order valence-corrected chi connectivity index (χ0v) is 21.5. The van der Waals surface area contributed by atoms with Crippen molar-refractivity contribution >= 4 is 16.7 Å². The second-order valence-corrected chi connectivity index (χ2v) is 12.3. The number of aliphatic hydroxyl groups is 1. The molecule has 2 aromatic rings. The number of pyridine rings is 1. The Kier molecular flexibility index (Phi) is 5.05. The van der Waals surface area contributed by atoms with Crippen LogP contribution >= 0.6 is 0 Å². The molecule has 7 atom stereocenters. The molecule has 0 radical (unpaired) electrons. The molecule has 5 heteroatoms. The third-order valence-electron chi connectivity index (χ3n) is 11.1. The molecule has 7 rings (SSSR count). The molecule has 5 fully saturated rings. The number of nitrogens with zero attached hydrogens (tertiary/aromatic N) is 2. The highest BCUT2D eigenvalue weighted by Gasteiger charge is 2.70. The van der Waals surface area contributed by atoms with Crippen LogP contribution in [0.4, 0.5) is 0 Å². The average molecular weight is 475 g/mol. The molecule has 1 aromatic carbocycles. The SMILES string of the molecule is C=CC1CN2CCC1CC2[C@H](O)c1cc(C23CCC(C)(C(=O)C2)C3(C)C)nc2ccc(OC)cc12. The van der Waals surface area contributed by atoms with E-state index in [4.69, 9.17) is 9.72 Å². The highest BCUT2D eigenvalue weighted by Crippen LogP contribution is 2.70. The van der Waals surface area contributed by atoms with Gasteiger partial charge in [-0.3, -0.25) is 14.7 Å². The number of benzene rings is 1. The predicted molar refractivity (Wildman–Crippen MR) is 137 cm³/mol. The maximum Gasteiger partial charge on any atom is 0.140 e. The van der Waals surface area contributed by atoms with Crippen LogP contribution in [-0.4, -0.2) is 47.0 Å². The number of hydrogen-bond donors (Lipinski definition) is 1. The van der Waals surface area contributed by atoms with Crippen molar-refractivity contribution in [2.45, 2.75) is 70.4 Å². The summed E-state index contributed by atoms with van der Waals surface area (Å²) in [4.78, 5) is 20.8. The van der Waals surface area contributed by atoms with E-state index >= 15 is 0 Å². The van der Waals surface area contributed by atoms with Gasteiger partial charge in [-0.15, -0.1) is 6.58 Å². The van der Waals surface area contributed by atoms with E-state index < -0.39 is 6.10 Å². The molecular formula is C30H38N2O3. The number of hydrogen-bond acceptors (Lipinski definition) is 5. The zero-order chi connectivity index (χ0) is 24.8. The van der Waals surface area contributed by atoms with Gasteiger partial charge in [0.15, 0.2) is 0 Å². The lowest BCUT2D eigenvalue weighted by Crippen LogP contribution is -2.54. The minimum atomic E-state index is -0.621. The van der Waals surface area contributed by atoms with E-state index in [1.807, 2.05) is 18.2 Å². The van der Waals surface area contributed by atoms with Gasteiger partial charge in [0.1, 0.15) is 11.5 Å². The van der Waals surface area contributed by atoms with Crippen LogP contribution in [0.3, 0.4) is 0 Å². The normalized spacial score (nSPS) is 38.1. The molecule has 4 heterocycles. The lowest BCUT2D eigenvalue weighted by atomic mass is 9.63. The number of aromatic nitrogens is 1. The van der Waals surface area contributed by atoms with Crippen LogP contribution in [0.2, 0.25) is 0 Å². The van der Waals surface area contributed by atoms with Crippen molar-refractivity contribution in [2.75, 3.05) is 20.2 Å². The van der Waals surface area contributed by atoms with Crippen molar-refractivity contribution in [3.8, 4) is 5.75 Å². The lowest BCUT2D eigenvalue weighted by molar-refractivity contribution is -0.128. The predicted octanol–water partition coefficient (Wildman–Crippen LogP) is 5.21. The van der Waals surface area contributed by atoms with Crippen molar-refractivity contribution in [3.63, 3.8) is 0 Å². The Bertz CT molecular complexity index is 1220. The van der Waals surface area contributed by atoms with Crippen LogP contribution in [0.1, 0.15) is 70.2 Å². The Hall–Kier alpha value is -2.24. The Morgan fingerprint density at radius 2 is 2.06 bits per heavy atom. The van der Waals surface area contributed by atoms with Crippen LogP contribution in [0.25, 0.3) is 10.9 Å². The number of rotatable bonds is 5. The van der Waals surface area contributed by atoms with Crippen LogP contribution in [0.5, 0.6) is 5.75 Å². The average Bonchev–Trinajstić information content (AvgIpc) is 3.17. The first kappa shape index (κ1) is 23.2. The molecule has 1 N–H and O–H groups in total. The Balaban J connectivity index is 1.49. The number of aliphatic hydroxyl groups excluding tert-OH is 1. The summed E-state index contributed by atoms with van der Waals surface area (Å²) in [5.74, 6) is 2.22. The summed E-state index contributed by atoms with van der Waals surface area (Å²) in [6, 6.07) is 8.18. The van der Waals surface area contributed by atoms with E-state index in [2.05, 4.69) is 44.4 Å². The number of fused-ring (bicyclic) bond motifs is 6. The Labute approximate surface area is 208 Å². The lowest BCUT2D eigenvalue weighted by Gasteiger charge is -2.50. The number of methoxy groups -OCH3 is 1. The standard InChI is InChI=1S/C30H38N2O3/c1-6-18-17-32-12-9-19(18)13-24(32)27(34)22-15-25(31-23-8-7-20(35-5)14-21(22)23)30-11-10-29(4,26(33)16-30)28(30,2)3/h6-8,14-15,18-19,24,27,34H,1,9-13,16-17H2,2-5H3/t18?,19?,24?,27-,29?,30?/m1/s1. The monoisotopic (exact) mass is 474 g/mol. The molecule has 5 nitrogen and oxygen atoms in total. The fraction of sp³-hybridized carbons (Fsp3) is 0.600. The first-order chi connectivity index (χ1) is 16.6. The Morgan fingerprint density at radius 1 is 1.26 bits per heavy atom. The van der Waals surface area contributed by atoms with Gasteiger partial charge in [-0.1, -0.05) is 26.8 Å². The maximum atomic E-state index is 13.2. The molecule has 0 spiro atoms. The van der Waals surface area contributed by atoms with Gasteiger partial charge in [0.25, 0.3) is 0 Å². The third kappa shape index (κ3) is 2.94. The van der Waals surface area contributed by atoms with Gasteiger partial charge in [0.2, 0.25) is 0 Å². The van der Waals surface area contributed by atoms with E-state index in [0.717, 1.165) is 60.3 Å². The van der Waals surface area contributed by atoms with Gasteiger partial charge in [-0.2, -0.15) is 0 Å². The van der Waals surface area contributed by atoms with E-state index in [1.54, 1.807) is 7.11 Å². The molecule has 3 saturated heterocycles. The number of carbonyl (C=O) groups excluding carboxylic acids is 1. The molecule has 186 valence electrons. The summed E-state index contributed by atoms with van der Waals surface area (Å²) in [6.45, 7) is 12.7. The fourth-order valence-electron chi connectivity index (χ4n) is 8.18. The summed E-state index contributed by atoms with van der Waals surface area (Å²) in [5.41, 5.74) is 1.99. The quantitative estimate of drug-likeness (QED) is 0.603. The molecule has 35 heavy (non-hydrogen) atoms. The van der Waals surface area contributed by atoms with Gasteiger partial charge in [0.05, 0.1) is 18.7 Å². The molecular weight excluding hydrogens is 436 g/mol. The minimum Gasteiger partial charge on any atom is -0.497 e. The van der Waals surface area contributed by atoms with Crippen LogP contribution in [0.15, 0.2) is 36.9 Å². The van der Waals surface area contributed by atoms with Crippen molar-refractivity contribution in [1.82, 2.24) is 9.88 Å². The topological polar surface area (TPSA) is 62.7 Å². The van der Waals surface area contributed by atoms with Crippen LogP contribution in [-0.2, 0) is 10.2 Å². The first-order valence-electron chi connectivity index (χ1n) is 13.2. The molecule has 0 amide bonds. The van der Waals surface area contributed by atoms with Crippen molar-refractivity contribution < 1.29 is 14.6 Å². The summed E-state index contributed by atoms with van der Waals surface area (Å²) in [6.07, 6.45) is 6.04. The zero-order valence-electron chi connectivity index (χ0n) is 21.5. The second kappa shape index (κ2) is 7.63. The summed E-state index contributed by atoms with van der Waals surface area (Å²) < 4.78 is 5.54. The molecule has 2 aliphatic carbocycles. The number of ether oxygens (including phenoxy) is 1. The van der Waals surface area contributed by atoms with Crippen LogP contribution in [0, 0.1) is 22.7 Å². The number of ketones is 1. The van der Waals surface area contributed by atoms with Gasteiger partial charge in [0, 0.05) is 40.9 Å². The largest absolute Gasteiger partial charge is 0.497 e. The van der Waals surface area contributed by atoms with Crippen molar-refractivity contribution in [2.24, 2.45) is 22.7 Å². The van der Waals surface area contributed by atoms with Gasteiger partial charge in [-0.05, 0) is 79.3 Å². The molecule has 5 aliphatic rings. The number of Topliss-reactive ketones (excluding diaryl/α,β-unsaturated/α-hetero) is 1. The molecule has 1 aromatic heterocycles. The smallest absolute Gasteiger partial charge is 0.140 e. The van der Waals surface area contributed by atoms with Crippen molar-refractivity contribution in [1.29, 1.82) is 0 Å². The van der Waals surface area contributed by atoms with E-state index in [9.17, 15) is 9.90 Å². The second-order valence-electron chi connectivity index (χ2n) is 12.3. The van der Waals surface area contributed by atoms with Crippen LogP contribution < -0.4 is 4.74 Å². The van der Waals surface area contributed by atoms with E-state index in [0.29, 0.717) is 24.0 Å². The van der Waals surface area contributed by atoms with Crippen molar-refractivity contribution in [3.05, 3.63) is 48.2 Å². The number of carbonyl (C=O) groups is 1. The van der Waals surface area contributed by atoms with E-state index in [1.165, 1.54) is 6.42 Å². The molecule has 3 aliphatic heterocycles. The van der Waals surface area contributed by atoms with Gasteiger partial charge < -0.3 is 9.84 Å².